The minimum absolute atomic E-state index is 0.173. The maximum atomic E-state index is 11.8. The zero-order chi connectivity index (χ0) is 18.4. The summed E-state index contributed by atoms with van der Waals surface area (Å²) in [5.41, 5.74) is -0.854. The van der Waals surface area contributed by atoms with Gasteiger partial charge in [-0.1, -0.05) is 34.8 Å². The van der Waals surface area contributed by atoms with Gasteiger partial charge >= 0.3 is 5.97 Å². The largest absolute Gasteiger partial charge is 0.480 e. The van der Waals surface area contributed by atoms with Gasteiger partial charge in [-0.3, -0.25) is 4.79 Å². The van der Waals surface area contributed by atoms with Gasteiger partial charge in [0.2, 0.25) is 0 Å². The van der Waals surface area contributed by atoms with Crippen LogP contribution in [0.3, 0.4) is 0 Å². The first kappa shape index (κ1) is 19.6. The number of nitriles is 1. The second kappa shape index (κ2) is 8.61. The molecule has 1 aliphatic rings. The van der Waals surface area contributed by atoms with Gasteiger partial charge in [0.15, 0.2) is 13.2 Å². The predicted molar refractivity (Wildman–Crippen MR) is 92.9 cm³/mol. The number of ether oxygens (including phenoxy) is 2. The van der Waals surface area contributed by atoms with E-state index >= 15 is 0 Å². The van der Waals surface area contributed by atoms with Crippen LogP contribution in [0.15, 0.2) is 12.1 Å². The van der Waals surface area contributed by atoms with Crippen molar-refractivity contribution in [3.8, 4) is 11.8 Å². The van der Waals surface area contributed by atoms with Gasteiger partial charge in [-0.05, 0) is 31.7 Å². The monoisotopic (exact) mass is 404 g/mol. The van der Waals surface area contributed by atoms with Crippen LogP contribution >= 0.6 is 34.8 Å². The van der Waals surface area contributed by atoms with E-state index in [4.69, 9.17) is 44.3 Å². The number of carbonyl (C=O) groups is 2. The Bertz CT molecular complexity index is 712. The molecule has 6 nitrogen and oxygen atoms in total. The minimum Gasteiger partial charge on any atom is -0.480 e. The summed E-state index contributed by atoms with van der Waals surface area (Å²) < 4.78 is 10.0. The average molecular weight is 406 g/mol. The van der Waals surface area contributed by atoms with Crippen LogP contribution in [-0.4, -0.2) is 30.6 Å². The van der Waals surface area contributed by atoms with Crippen LogP contribution in [0.2, 0.25) is 15.1 Å². The molecule has 1 aliphatic carbocycles. The number of nitrogens with zero attached hydrogens (tertiary/aromatic N) is 1. The molecule has 1 aromatic rings. The molecule has 1 aromatic carbocycles. The number of esters is 1. The van der Waals surface area contributed by atoms with Crippen molar-refractivity contribution < 1.29 is 19.1 Å². The molecule has 1 saturated carbocycles. The second-order valence-electron chi connectivity index (χ2n) is 5.60. The maximum Gasteiger partial charge on any atom is 0.344 e. The summed E-state index contributed by atoms with van der Waals surface area (Å²) in [6.07, 6.45) is 2.96. The van der Waals surface area contributed by atoms with Crippen LogP contribution in [0.5, 0.6) is 5.75 Å². The lowest BCUT2D eigenvalue weighted by molar-refractivity contribution is -0.150. The molecule has 0 radical (unpaired) electrons. The van der Waals surface area contributed by atoms with Crippen LogP contribution < -0.4 is 10.1 Å². The molecule has 0 unspecified atom stereocenters. The molecular weight excluding hydrogens is 391 g/mol. The number of hydrogen-bond donors (Lipinski definition) is 1. The van der Waals surface area contributed by atoms with Gasteiger partial charge in [0.1, 0.15) is 11.3 Å². The van der Waals surface area contributed by atoms with Crippen molar-refractivity contribution in [3.63, 3.8) is 0 Å². The third kappa shape index (κ3) is 5.40. The summed E-state index contributed by atoms with van der Waals surface area (Å²) in [7, 11) is 0. The van der Waals surface area contributed by atoms with Crippen molar-refractivity contribution in [2.45, 2.75) is 31.2 Å². The van der Waals surface area contributed by atoms with E-state index in [1.165, 1.54) is 12.1 Å². The van der Waals surface area contributed by atoms with E-state index < -0.39 is 30.6 Å². The molecule has 1 fully saturated rings. The van der Waals surface area contributed by atoms with E-state index in [1.807, 2.05) is 0 Å². The number of halogens is 3. The van der Waals surface area contributed by atoms with Crippen LogP contribution in [0, 0.1) is 11.3 Å². The quantitative estimate of drug-likeness (QED) is 0.578. The summed E-state index contributed by atoms with van der Waals surface area (Å²) >= 11 is 17.6. The molecule has 2 rings (SSSR count). The molecule has 0 aliphatic heterocycles. The Hall–Kier alpha value is -1.68. The predicted octanol–water partition coefficient (Wildman–Crippen LogP) is 3.52. The number of amides is 1. The highest BCUT2D eigenvalue weighted by Gasteiger charge is 2.35. The molecule has 0 bridgehead atoms. The van der Waals surface area contributed by atoms with Crippen molar-refractivity contribution in [1.82, 2.24) is 5.32 Å². The first-order valence-corrected chi connectivity index (χ1v) is 8.64. The Morgan fingerprint density at radius 3 is 2.40 bits per heavy atom. The van der Waals surface area contributed by atoms with Crippen LogP contribution in [0.25, 0.3) is 0 Å². The smallest absolute Gasteiger partial charge is 0.344 e. The molecule has 1 amide bonds. The molecule has 1 N–H and O–H groups in total. The zero-order valence-electron chi connectivity index (χ0n) is 13.1. The lowest BCUT2D eigenvalue weighted by Gasteiger charge is -2.21. The first-order valence-electron chi connectivity index (χ1n) is 7.50. The first-order chi connectivity index (χ1) is 11.8. The topological polar surface area (TPSA) is 88.4 Å². The van der Waals surface area contributed by atoms with Crippen LogP contribution in [0.1, 0.15) is 25.7 Å². The van der Waals surface area contributed by atoms with E-state index in [0.717, 1.165) is 12.8 Å². The molecule has 0 spiro atoms. The minimum atomic E-state index is -0.854. The fraction of sp³-hybridized carbons (Fsp3) is 0.438. The van der Waals surface area contributed by atoms with E-state index in [2.05, 4.69) is 11.4 Å². The van der Waals surface area contributed by atoms with Gasteiger partial charge < -0.3 is 14.8 Å². The number of hydrogen-bond acceptors (Lipinski definition) is 5. The van der Waals surface area contributed by atoms with Gasteiger partial charge in [0.05, 0.1) is 21.1 Å². The maximum absolute atomic E-state index is 11.8. The number of rotatable bonds is 6. The standard InChI is InChI=1S/C16H15Cl3N2O4/c17-10-5-12(19)13(6-11(10)18)24-8-15(23)25-7-14(22)21-16(9-20)3-1-2-4-16/h5-6H,1-4,7-8H2,(H,21,22). The molecule has 0 heterocycles. The average Bonchev–Trinajstić information content (AvgIpc) is 3.04. The van der Waals surface area contributed by atoms with Crippen molar-refractivity contribution >= 4 is 46.7 Å². The highest BCUT2D eigenvalue weighted by molar-refractivity contribution is 6.43. The second-order valence-corrected chi connectivity index (χ2v) is 6.82. The Morgan fingerprint density at radius 1 is 1.12 bits per heavy atom. The van der Waals surface area contributed by atoms with Gasteiger partial charge in [-0.2, -0.15) is 5.26 Å². The summed E-state index contributed by atoms with van der Waals surface area (Å²) in [5.74, 6) is -1.11. The number of carbonyl (C=O) groups excluding carboxylic acids is 2. The van der Waals surface area contributed by atoms with Crippen molar-refractivity contribution in [3.05, 3.63) is 27.2 Å². The fourth-order valence-electron chi connectivity index (χ4n) is 2.49. The molecule has 25 heavy (non-hydrogen) atoms. The highest BCUT2D eigenvalue weighted by Crippen LogP contribution is 2.33. The van der Waals surface area contributed by atoms with E-state index in [1.54, 1.807) is 0 Å². The lowest BCUT2D eigenvalue weighted by atomic mass is 10.00. The van der Waals surface area contributed by atoms with Gasteiger partial charge in [-0.25, -0.2) is 4.79 Å². The lowest BCUT2D eigenvalue weighted by Crippen LogP contribution is -2.46. The Labute approximate surface area is 159 Å². The summed E-state index contributed by atoms with van der Waals surface area (Å²) in [6, 6.07) is 4.89. The SMILES string of the molecule is N#CC1(NC(=O)COC(=O)COc2cc(Cl)c(Cl)cc2Cl)CCCC1. The normalized spacial score (nSPS) is 15.3. The molecule has 0 atom stereocenters. The van der Waals surface area contributed by atoms with Crippen molar-refractivity contribution in [2.24, 2.45) is 0 Å². The Balaban J connectivity index is 1.78. The van der Waals surface area contributed by atoms with Crippen LogP contribution in [0.4, 0.5) is 0 Å². The van der Waals surface area contributed by atoms with E-state index in [-0.39, 0.29) is 20.8 Å². The molecule has 0 aromatic heterocycles. The molecule has 0 saturated heterocycles. The molecular formula is C16H15Cl3N2O4. The molecule has 9 heteroatoms. The van der Waals surface area contributed by atoms with E-state index in [9.17, 15) is 14.9 Å². The van der Waals surface area contributed by atoms with Gasteiger partial charge in [0, 0.05) is 6.07 Å². The summed E-state index contributed by atoms with van der Waals surface area (Å²) in [4.78, 5) is 23.5. The van der Waals surface area contributed by atoms with Gasteiger partial charge in [0.25, 0.3) is 5.91 Å². The van der Waals surface area contributed by atoms with Gasteiger partial charge in [-0.15, -0.1) is 0 Å². The van der Waals surface area contributed by atoms with Crippen molar-refractivity contribution in [2.75, 3.05) is 13.2 Å². The fourth-order valence-corrected chi connectivity index (χ4v) is 3.08. The summed E-state index contributed by atoms with van der Waals surface area (Å²) in [6.45, 7) is -0.935. The number of nitrogens with one attached hydrogen (secondary N) is 1. The third-order valence-corrected chi connectivity index (χ3v) is 4.75. The Kier molecular flexibility index (Phi) is 6.77. The molecule has 134 valence electrons. The van der Waals surface area contributed by atoms with Crippen molar-refractivity contribution in [1.29, 1.82) is 5.26 Å². The van der Waals surface area contributed by atoms with E-state index in [0.29, 0.717) is 12.8 Å². The zero-order valence-corrected chi connectivity index (χ0v) is 15.4. The Morgan fingerprint density at radius 2 is 1.76 bits per heavy atom. The highest BCUT2D eigenvalue weighted by atomic mass is 35.5. The summed E-state index contributed by atoms with van der Waals surface area (Å²) in [5, 5.41) is 12.5. The number of benzene rings is 1. The third-order valence-electron chi connectivity index (χ3n) is 3.73. The van der Waals surface area contributed by atoms with Crippen LogP contribution in [-0.2, 0) is 14.3 Å².